The lowest BCUT2D eigenvalue weighted by molar-refractivity contribution is -0.670. The molecular formula is C38H56N4O9. The van der Waals surface area contributed by atoms with Gasteiger partial charge in [-0.1, -0.05) is 25.3 Å². The molecule has 0 spiro atoms. The number of hydrogen-bond acceptors (Lipinski definition) is 11. The van der Waals surface area contributed by atoms with E-state index in [1.807, 2.05) is 12.1 Å². The van der Waals surface area contributed by atoms with Crippen LogP contribution in [0.25, 0.3) is 11.1 Å². The number of carbonyl (C=O) groups is 2. The molecule has 1 saturated carbocycles. The zero-order chi connectivity index (χ0) is 36.6. The molecular weight excluding hydrogens is 656 g/mol. The Morgan fingerprint density at radius 1 is 0.961 bits per heavy atom. The van der Waals surface area contributed by atoms with Gasteiger partial charge < -0.3 is 54.9 Å². The summed E-state index contributed by atoms with van der Waals surface area (Å²) in [6.45, 7) is 9.85. The molecule has 13 heteroatoms. The zero-order valence-electron chi connectivity index (χ0n) is 30.7. The van der Waals surface area contributed by atoms with Gasteiger partial charge in [0, 0.05) is 38.1 Å². The molecule has 3 fully saturated rings. The van der Waals surface area contributed by atoms with E-state index in [0.717, 1.165) is 101 Å². The molecule has 2 saturated heterocycles. The number of carbonyl (C=O) groups excluding carboxylic acids is 2. The normalized spacial score (nSPS) is 19.1. The first kappa shape index (κ1) is 39.9. The summed E-state index contributed by atoms with van der Waals surface area (Å²) in [4.78, 5) is 37.2. The summed E-state index contributed by atoms with van der Waals surface area (Å²) in [7, 11) is 4.67. The molecule has 0 unspecified atom stereocenters. The number of nitrogens with one attached hydrogen (secondary N) is 3. The van der Waals surface area contributed by atoms with Gasteiger partial charge in [0.05, 0.1) is 72.6 Å². The van der Waals surface area contributed by atoms with Crippen molar-refractivity contribution in [3.05, 3.63) is 45.6 Å². The van der Waals surface area contributed by atoms with E-state index >= 15 is 0 Å². The summed E-state index contributed by atoms with van der Waals surface area (Å²) in [5.41, 5.74) is 2.82. The number of anilines is 1. The van der Waals surface area contributed by atoms with Crippen LogP contribution in [0.4, 0.5) is 5.69 Å². The van der Waals surface area contributed by atoms with E-state index in [-0.39, 0.29) is 17.8 Å². The van der Waals surface area contributed by atoms with Crippen LogP contribution in [-0.4, -0.2) is 92.4 Å². The second-order valence-corrected chi connectivity index (χ2v) is 13.4. The van der Waals surface area contributed by atoms with E-state index in [1.165, 1.54) is 6.92 Å². The summed E-state index contributed by atoms with van der Waals surface area (Å²) in [5, 5.41) is 23.2. The second kappa shape index (κ2) is 20.2. The number of rotatable bonds is 9. The number of aliphatic carboxylic acids is 1. The minimum atomic E-state index is -1.07. The number of nitrogens with two attached hydrogens (primary N) is 1. The molecule has 0 radical (unpaired) electrons. The van der Waals surface area contributed by atoms with Gasteiger partial charge in [0.2, 0.25) is 17.1 Å². The van der Waals surface area contributed by atoms with E-state index < -0.39 is 17.4 Å². The minimum Gasteiger partial charge on any atom is -0.550 e. The Bertz CT molecular complexity index is 1470. The Morgan fingerprint density at radius 3 is 2.16 bits per heavy atom. The van der Waals surface area contributed by atoms with Crippen molar-refractivity contribution in [2.45, 2.75) is 64.3 Å². The summed E-state index contributed by atoms with van der Waals surface area (Å²) in [6.07, 6.45) is 5.67. The van der Waals surface area contributed by atoms with E-state index in [0.29, 0.717) is 47.9 Å². The van der Waals surface area contributed by atoms with Gasteiger partial charge in [0.1, 0.15) is 0 Å². The third-order valence-electron chi connectivity index (χ3n) is 9.78. The highest BCUT2D eigenvalue weighted by molar-refractivity contribution is 5.83. The number of ether oxygens (including phenoxy) is 5. The molecule has 2 aliphatic heterocycles. The molecule has 5 N–H and O–H groups in total. The van der Waals surface area contributed by atoms with Crippen LogP contribution in [0, 0.1) is 5.41 Å². The fourth-order valence-electron chi connectivity index (χ4n) is 7.26. The van der Waals surface area contributed by atoms with E-state index in [1.54, 1.807) is 33.5 Å². The largest absolute Gasteiger partial charge is 0.550 e. The number of amides is 1. The molecule has 2 aliphatic carbocycles. The Hall–Kier alpha value is -3.91. The predicted octanol–water partition coefficient (Wildman–Crippen LogP) is 1.55. The molecule has 2 heterocycles. The summed E-state index contributed by atoms with van der Waals surface area (Å²) in [6, 6.07) is 6.66. The third kappa shape index (κ3) is 11.3. The summed E-state index contributed by atoms with van der Waals surface area (Å²) >= 11 is 0. The van der Waals surface area contributed by atoms with Crippen LogP contribution < -0.4 is 46.0 Å². The lowest BCUT2D eigenvalue weighted by atomic mass is 9.71. The number of carboxylic acid groups (broad SMARTS) is 1. The molecule has 2 aromatic carbocycles. The van der Waals surface area contributed by atoms with Gasteiger partial charge in [-0.05, 0) is 72.4 Å². The summed E-state index contributed by atoms with van der Waals surface area (Å²) < 4.78 is 27.1. The number of fused-ring (bicyclic) bond motifs is 3. The standard InChI is InChI=1S/C30H38N2O7.2C4H9NO/c1-18(33)32-22-10-8-19-14-25(37-2)28(38-3)29(39-4)27(19)20-9-11-23(24(34)15-21(20)22)31-17-30(16-26(35)36)12-6-5-7-13-30;2*1-3-6-4-2-5-1/h9,11,14-15,22H,5-8,10,12-13,16-17H2,1-4H3,(H,31,34)(H,32,33)(H,35,36);2*5H,1-4H2/t22-;;/m0../s1. The molecule has 2 aromatic rings. The Balaban J connectivity index is 0.000000407. The van der Waals surface area contributed by atoms with Crippen LogP contribution in [0.5, 0.6) is 17.2 Å². The van der Waals surface area contributed by atoms with Crippen molar-refractivity contribution in [3.8, 4) is 28.4 Å². The monoisotopic (exact) mass is 712 g/mol. The smallest absolute Gasteiger partial charge is 0.217 e. The molecule has 6 rings (SSSR count). The maximum atomic E-state index is 13.5. The quantitative estimate of drug-likeness (QED) is 0.297. The molecule has 4 aliphatic rings. The number of aryl methyl sites for hydroxylation is 1. The first-order chi connectivity index (χ1) is 24.7. The molecule has 13 nitrogen and oxygen atoms in total. The SMILES string of the molecule is C1COCCN1.C1COCC[NH2+]1.COc1cc2c(c(OC)c1OC)-c1ccc(NCC3(CC(=O)[O-])CCCCC3)c(=O)cc1[C@@H](NC(C)=O)CC2. The van der Waals surface area contributed by atoms with Crippen molar-refractivity contribution in [1.29, 1.82) is 0 Å². The third-order valence-corrected chi connectivity index (χ3v) is 9.78. The van der Waals surface area contributed by atoms with Crippen molar-refractivity contribution < 1.29 is 43.7 Å². The lowest BCUT2D eigenvalue weighted by Crippen LogP contribution is -2.87. The van der Waals surface area contributed by atoms with Crippen LogP contribution in [0.1, 0.15) is 69.0 Å². The van der Waals surface area contributed by atoms with Crippen LogP contribution in [0.3, 0.4) is 0 Å². The fraction of sp³-hybridized carbons (Fsp3) is 0.605. The number of benzene rings is 1. The number of hydrogen-bond donors (Lipinski definition) is 4. The first-order valence-electron chi connectivity index (χ1n) is 18.1. The van der Waals surface area contributed by atoms with Crippen LogP contribution in [0.2, 0.25) is 0 Å². The topological polar surface area (TPSA) is 173 Å². The molecule has 1 atom stereocenters. The van der Waals surface area contributed by atoms with Crippen molar-refractivity contribution >= 4 is 17.6 Å². The van der Waals surface area contributed by atoms with Crippen LogP contribution in [-0.2, 0) is 25.5 Å². The predicted molar refractivity (Wildman–Crippen MR) is 192 cm³/mol. The lowest BCUT2D eigenvalue weighted by Gasteiger charge is -2.38. The van der Waals surface area contributed by atoms with E-state index in [2.05, 4.69) is 21.3 Å². The molecule has 1 amide bonds. The van der Waals surface area contributed by atoms with Crippen molar-refractivity contribution in [3.63, 3.8) is 0 Å². The zero-order valence-corrected chi connectivity index (χ0v) is 30.7. The van der Waals surface area contributed by atoms with Gasteiger partial charge in [-0.2, -0.15) is 0 Å². The Morgan fingerprint density at radius 2 is 1.65 bits per heavy atom. The number of methoxy groups -OCH3 is 3. The van der Waals surface area contributed by atoms with Gasteiger partial charge in [-0.25, -0.2) is 0 Å². The highest BCUT2D eigenvalue weighted by Crippen LogP contribution is 2.50. The second-order valence-electron chi connectivity index (χ2n) is 13.4. The van der Waals surface area contributed by atoms with Crippen molar-refractivity contribution in [2.24, 2.45) is 5.41 Å². The van der Waals surface area contributed by atoms with Gasteiger partial charge in [0.15, 0.2) is 11.5 Å². The maximum Gasteiger partial charge on any atom is 0.217 e. The number of quaternary nitrogens is 1. The van der Waals surface area contributed by atoms with Crippen molar-refractivity contribution in [1.82, 2.24) is 10.6 Å². The van der Waals surface area contributed by atoms with E-state index in [9.17, 15) is 19.5 Å². The molecule has 0 bridgehead atoms. The van der Waals surface area contributed by atoms with Crippen LogP contribution in [0.15, 0.2) is 29.1 Å². The number of morpholine rings is 2. The Kier molecular flexibility index (Phi) is 15.8. The fourth-order valence-corrected chi connectivity index (χ4v) is 7.26. The Labute approximate surface area is 301 Å². The van der Waals surface area contributed by atoms with Crippen LogP contribution >= 0.6 is 0 Å². The highest BCUT2D eigenvalue weighted by Gasteiger charge is 2.33. The maximum absolute atomic E-state index is 13.5. The summed E-state index contributed by atoms with van der Waals surface area (Å²) in [5.74, 6) is 0.192. The molecule has 51 heavy (non-hydrogen) atoms. The van der Waals surface area contributed by atoms with Crippen molar-refractivity contribution in [2.75, 3.05) is 85.8 Å². The molecule has 282 valence electrons. The van der Waals surface area contributed by atoms with Gasteiger partial charge in [-0.3, -0.25) is 9.59 Å². The number of carboxylic acids is 1. The van der Waals surface area contributed by atoms with Gasteiger partial charge in [0.25, 0.3) is 0 Å². The average molecular weight is 713 g/mol. The molecule has 0 aromatic heterocycles. The minimum absolute atomic E-state index is 0.0412. The van der Waals surface area contributed by atoms with Gasteiger partial charge >= 0.3 is 0 Å². The average Bonchev–Trinajstić information content (AvgIpc) is 3.39. The van der Waals surface area contributed by atoms with E-state index in [4.69, 9.17) is 23.7 Å². The van der Waals surface area contributed by atoms with Gasteiger partial charge in [-0.15, -0.1) is 0 Å². The highest BCUT2D eigenvalue weighted by atomic mass is 16.5. The first-order valence-corrected chi connectivity index (χ1v) is 18.1.